The number of nitrogens with zero attached hydrogens (tertiary/aromatic N) is 1. The Morgan fingerprint density at radius 1 is 1.20 bits per heavy atom. The molecular weight excluding hydrogens is 271 g/mol. The van der Waals surface area contributed by atoms with Gasteiger partial charge in [-0.25, -0.2) is 0 Å². The van der Waals surface area contributed by atoms with Crippen molar-refractivity contribution < 1.29 is 23.0 Å². The number of aliphatic hydroxyl groups excluding tert-OH is 1. The molecule has 0 aliphatic rings. The van der Waals surface area contributed by atoms with Crippen molar-refractivity contribution in [2.24, 2.45) is 0 Å². The van der Waals surface area contributed by atoms with E-state index in [0.717, 1.165) is 11.6 Å². The molecule has 0 aliphatic carbocycles. The van der Waals surface area contributed by atoms with E-state index in [0.29, 0.717) is 5.56 Å². The predicted octanol–water partition coefficient (Wildman–Crippen LogP) is 3.37. The lowest BCUT2D eigenvalue weighted by molar-refractivity contribution is -0.275. The zero-order chi connectivity index (χ0) is 14.8. The average Bonchev–Trinajstić information content (AvgIpc) is 2.37. The minimum Gasteiger partial charge on any atom is -0.405 e. The Bertz CT molecular complexity index is 599. The number of aryl methyl sites for hydroxylation is 1. The molecule has 0 bridgehead atoms. The highest BCUT2D eigenvalue weighted by atomic mass is 19.4. The van der Waals surface area contributed by atoms with E-state index in [1.54, 1.807) is 19.2 Å². The fourth-order valence-electron chi connectivity index (χ4n) is 1.83. The molecule has 1 unspecified atom stereocenters. The zero-order valence-electron chi connectivity index (χ0n) is 10.6. The summed E-state index contributed by atoms with van der Waals surface area (Å²) in [7, 11) is 0. The predicted molar refractivity (Wildman–Crippen MR) is 66.2 cm³/mol. The van der Waals surface area contributed by atoms with E-state index in [-0.39, 0.29) is 5.56 Å². The Morgan fingerprint density at radius 2 is 1.90 bits per heavy atom. The van der Waals surface area contributed by atoms with Crippen molar-refractivity contribution >= 4 is 0 Å². The molecule has 0 fully saturated rings. The molecule has 2 rings (SSSR count). The summed E-state index contributed by atoms with van der Waals surface area (Å²) < 4.78 is 40.9. The quantitative estimate of drug-likeness (QED) is 0.939. The molecule has 0 spiro atoms. The summed E-state index contributed by atoms with van der Waals surface area (Å²) in [5.74, 6) is -0.422. The van der Waals surface area contributed by atoms with E-state index in [1.807, 2.05) is 0 Å². The van der Waals surface area contributed by atoms with E-state index in [2.05, 4.69) is 9.72 Å². The monoisotopic (exact) mass is 283 g/mol. The number of ether oxygens (including phenoxy) is 1. The first-order valence-corrected chi connectivity index (χ1v) is 5.81. The number of benzene rings is 1. The Labute approximate surface area is 113 Å². The fourth-order valence-corrected chi connectivity index (χ4v) is 1.83. The zero-order valence-corrected chi connectivity index (χ0v) is 10.6. The Morgan fingerprint density at radius 3 is 2.55 bits per heavy atom. The Kier molecular flexibility index (Phi) is 3.94. The molecule has 1 aromatic carbocycles. The maximum atomic E-state index is 12.3. The number of hydrogen-bond donors (Lipinski definition) is 1. The lowest BCUT2D eigenvalue weighted by Gasteiger charge is -2.17. The van der Waals surface area contributed by atoms with Crippen molar-refractivity contribution in [3.63, 3.8) is 0 Å². The molecule has 0 amide bonds. The second kappa shape index (κ2) is 5.50. The van der Waals surface area contributed by atoms with Crippen LogP contribution in [-0.4, -0.2) is 16.5 Å². The van der Waals surface area contributed by atoms with Crippen molar-refractivity contribution in [1.29, 1.82) is 0 Å². The number of hydrogen-bond acceptors (Lipinski definition) is 3. The van der Waals surface area contributed by atoms with Crippen LogP contribution in [0.4, 0.5) is 13.2 Å². The summed E-state index contributed by atoms with van der Waals surface area (Å²) in [5.41, 5.74) is 1.25. The van der Waals surface area contributed by atoms with Crippen LogP contribution in [0.3, 0.4) is 0 Å². The summed E-state index contributed by atoms with van der Waals surface area (Å²) in [6.07, 6.45) is -3.04. The van der Waals surface area contributed by atoms with Crippen LogP contribution in [0.2, 0.25) is 0 Å². The molecule has 1 N–H and O–H groups in total. The minimum absolute atomic E-state index is 0.0391. The molecule has 20 heavy (non-hydrogen) atoms. The molecule has 1 aromatic heterocycles. The normalized spacial score (nSPS) is 13.1. The van der Waals surface area contributed by atoms with Crippen LogP contribution < -0.4 is 4.74 Å². The van der Waals surface area contributed by atoms with Gasteiger partial charge in [0.15, 0.2) is 0 Å². The van der Waals surface area contributed by atoms with Gasteiger partial charge in [0.05, 0.1) is 0 Å². The molecule has 0 saturated carbocycles. The van der Waals surface area contributed by atoms with Gasteiger partial charge in [-0.3, -0.25) is 4.98 Å². The second-order valence-corrected chi connectivity index (χ2v) is 4.28. The number of alkyl halides is 3. The van der Waals surface area contributed by atoms with Gasteiger partial charge in [-0.15, -0.1) is 13.2 Å². The van der Waals surface area contributed by atoms with Gasteiger partial charge in [0.25, 0.3) is 0 Å². The van der Waals surface area contributed by atoms with Crippen LogP contribution in [0.25, 0.3) is 0 Å². The third-order valence-corrected chi connectivity index (χ3v) is 2.65. The highest BCUT2D eigenvalue weighted by Gasteiger charge is 2.32. The topological polar surface area (TPSA) is 42.4 Å². The van der Waals surface area contributed by atoms with E-state index in [1.165, 1.54) is 24.4 Å². The van der Waals surface area contributed by atoms with Crippen LogP contribution in [0.5, 0.6) is 5.75 Å². The highest BCUT2D eigenvalue weighted by molar-refractivity contribution is 5.40. The van der Waals surface area contributed by atoms with Crippen molar-refractivity contribution in [2.45, 2.75) is 19.4 Å². The lowest BCUT2D eigenvalue weighted by Crippen LogP contribution is -2.18. The van der Waals surface area contributed by atoms with Crippen LogP contribution in [0, 0.1) is 6.92 Å². The first-order chi connectivity index (χ1) is 9.37. The van der Waals surface area contributed by atoms with Crippen LogP contribution in [-0.2, 0) is 0 Å². The number of aliphatic hydroxyl groups is 1. The number of para-hydroxylation sites is 1. The SMILES string of the molecule is Cc1cncc(C(O)c2ccccc2OC(F)(F)F)c1. The molecule has 0 aliphatic heterocycles. The van der Waals surface area contributed by atoms with Crippen LogP contribution in [0.15, 0.2) is 42.7 Å². The van der Waals surface area contributed by atoms with Gasteiger partial charge in [-0.2, -0.15) is 0 Å². The van der Waals surface area contributed by atoms with Gasteiger partial charge in [0.2, 0.25) is 0 Å². The largest absolute Gasteiger partial charge is 0.573 e. The molecule has 1 heterocycles. The Balaban J connectivity index is 2.37. The van der Waals surface area contributed by atoms with Gasteiger partial charge in [0.1, 0.15) is 11.9 Å². The molecule has 1 atom stereocenters. The molecular formula is C14H12F3NO2. The van der Waals surface area contributed by atoms with Crippen LogP contribution >= 0.6 is 0 Å². The number of aromatic nitrogens is 1. The third-order valence-electron chi connectivity index (χ3n) is 2.65. The minimum atomic E-state index is -4.80. The molecule has 3 nitrogen and oxygen atoms in total. The van der Waals surface area contributed by atoms with Gasteiger partial charge in [-0.1, -0.05) is 24.3 Å². The van der Waals surface area contributed by atoms with Crippen molar-refractivity contribution in [2.75, 3.05) is 0 Å². The molecule has 2 aromatic rings. The summed E-state index contributed by atoms with van der Waals surface area (Å²) in [4.78, 5) is 3.91. The second-order valence-electron chi connectivity index (χ2n) is 4.28. The average molecular weight is 283 g/mol. The standard InChI is InChI=1S/C14H12F3NO2/c1-9-6-10(8-18-7-9)13(19)11-4-2-3-5-12(11)20-14(15,16)17/h2-8,13,19H,1H3. The van der Waals surface area contributed by atoms with E-state index < -0.39 is 18.2 Å². The summed E-state index contributed by atoms with van der Waals surface area (Å²) in [5, 5.41) is 10.2. The number of rotatable bonds is 3. The maximum Gasteiger partial charge on any atom is 0.573 e. The van der Waals surface area contributed by atoms with Gasteiger partial charge in [-0.05, 0) is 18.6 Å². The molecule has 0 saturated heterocycles. The fraction of sp³-hybridized carbons (Fsp3) is 0.214. The summed E-state index contributed by atoms with van der Waals surface area (Å²) >= 11 is 0. The third kappa shape index (κ3) is 3.48. The first kappa shape index (κ1) is 14.3. The first-order valence-electron chi connectivity index (χ1n) is 5.81. The number of halogens is 3. The van der Waals surface area contributed by atoms with E-state index in [4.69, 9.17) is 0 Å². The highest BCUT2D eigenvalue weighted by Crippen LogP contribution is 2.33. The maximum absolute atomic E-state index is 12.3. The van der Waals surface area contributed by atoms with Gasteiger partial charge >= 0.3 is 6.36 Å². The van der Waals surface area contributed by atoms with Gasteiger partial charge < -0.3 is 9.84 Å². The summed E-state index contributed by atoms with van der Waals surface area (Å²) in [6.45, 7) is 1.78. The van der Waals surface area contributed by atoms with Crippen molar-refractivity contribution in [3.05, 3.63) is 59.4 Å². The lowest BCUT2D eigenvalue weighted by atomic mass is 10.0. The summed E-state index contributed by atoms with van der Waals surface area (Å²) in [6, 6.07) is 7.14. The van der Waals surface area contributed by atoms with Crippen molar-refractivity contribution in [3.8, 4) is 5.75 Å². The Hall–Kier alpha value is -2.08. The molecule has 6 heteroatoms. The van der Waals surface area contributed by atoms with E-state index >= 15 is 0 Å². The molecule has 106 valence electrons. The van der Waals surface area contributed by atoms with Gasteiger partial charge in [0, 0.05) is 23.5 Å². The number of pyridine rings is 1. The molecule has 0 radical (unpaired) electrons. The smallest absolute Gasteiger partial charge is 0.405 e. The van der Waals surface area contributed by atoms with Crippen LogP contribution in [0.1, 0.15) is 22.8 Å². The van der Waals surface area contributed by atoms with Crippen molar-refractivity contribution in [1.82, 2.24) is 4.98 Å². The van der Waals surface area contributed by atoms with E-state index in [9.17, 15) is 18.3 Å².